The second-order valence-electron chi connectivity index (χ2n) is 6.65. The molecule has 3 aromatic rings. The van der Waals surface area contributed by atoms with Crippen molar-refractivity contribution in [1.82, 2.24) is 19.8 Å². The molecule has 1 aliphatic rings. The van der Waals surface area contributed by atoms with E-state index >= 15 is 0 Å². The number of furan rings is 1. The topological polar surface area (TPSA) is 106 Å². The molecule has 1 aromatic carbocycles. The SMILES string of the molecule is O=C(NCCc1cnn(-c2ccccc2)c1)c1ccc(S(=O)(=O)NC2CC2)o1. The van der Waals surface area contributed by atoms with Crippen molar-refractivity contribution in [2.24, 2.45) is 0 Å². The first-order valence-corrected chi connectivity index (χ1v) is 10.5. The van der Waals surface area contributed by atoms with Gasteiger partial charge in [-0.15, -0.1) is 0 Å². The minimum Gasteiger partial charge on any atom is -0.438 e. The van der Waals surface area contributed by atoms with Crippen molar-refractivity contribution in [2.75, 3.05) is 6.54 Å². The van der Waals surface area contributed by atoms with Gasteiger partial charge in [0.05, 0.1) is 11.9 Å². The fraction of sp³-hybridized carbons (Fsp3) is 0.263. The van der Waals surface area contributed by atoms with Gasteiger partial charge in [0.25, 0.3) is 15.9 Å². The molecule has 8 nitrogen and oxygen atoms in total. The van der Waals surface area contributed by atoms with Gasteiger partial charge < -0.3 is 9.73 Å². The molecule has 0 spiro atoms. The molecule has 0 aliphatic heterocycles. The predicted octanol–water partition coefficient (Wildman–Crippen LogP) is 1.88. The van der Waals surface area contributed by atoms with E-state index in [4.69, 9.17) is 4.42 Å². The molecule has 1 fully saturated rings. The summed E-state index contributed by atoms with van der Waals surface area (Å²) in [5.74, 6) is -0.487. The van der Waals surface area contributed by atoms with E-state index < -0.39 is 15.9 Å². The summed E-state index contributed by atoms with van der Waals surface area (Å²) in [5, 5.41) is 6.80. The normalized spacial score (nSPS) is 14.1. The van der Waals surface area contributed by atoms with Gasteiger partial charge in [-0.3, -0.25) is 4.79 Å². The lowest BCUT2D eigenvalue weighted by molar-refractivity contribution is 0.0921. The van der Waals surface area contributed by atoms with Crippen molar-refractivity contribution in [3.8, 4) is 5.69 Å². The Kier molecular flexibility index (Phi) is 5.01. The molecule has 4 rings (SSSR count). The van der Waals surface area contributed by atoms with Crippen molar-refractivity contribution in [3.63, 3.8) is 0 Å². The number of hydrogen-bond acceptors (Lipinski definition) is 5. The van der Waals surface area contributed by atoms with E-state index in [0.29, 0.717) is 13.0 Å². The molecule has 1 aliphatic carbocycles. The zero-order valence-electron chi connectivity index (χ0n) is 15.0. The molecule has 2 heterocycles. The first kappa shape index (κ1) is 18.5. The summed E-state index contributed by atoms with van der Waals surface area (Å²) in [5.41, 5.74) is 1.93. The highest BCUT2D eigenvalue weighted by atomic mass is 32.2. The molecule has 0 radical (unpaired) electrons. The quantitative estimate of drug-likeness (QED) is 0.600. The number of rotatable bonds is 8. The maximum atomic E-state index is 12.2. The van der Waals surface area contributed by atoms with Gasteiger partial charge in [0.2, 0.25) is 5.09 Å². The number of amides is 1. The first-order chi connectivity index (χ1) is 13.5. The second kappa shape index (κ2) is 7.61. The Hall–Kier alpha value is -2.91. The molecule has 28 heavy (non-hydrogen) atoms. The fourth-order valence-corrected chi connectivity index (χ4v) is 3.92. The van der Waals surface area contributed by atoms with Crippen LogP contribution in [0, 0.1) is 0 Å². The van der Waals surface area contributed by atoms with Crippen LogP contribution in [0.15, 0.2) is 64.4 Å². The van der Waals surface area contributed by atoms with Crippen molar-refractivity contribution in [3.05, 3.63) is 66.2 Å². The van der Waals surface area contributed by atoms with Crippen LogP contribution < -0.4 is 10.0 Å². The summed E-state index contributed by atoms with van der Waals surface area (Å²) >= 11 is 0. The molecule has 9 heteroatoms. The summed E-state index contributed by atoms with van der Waals surface area (Å²) in [6.45, 7) is 0.377. The van der Waals surface area contributed by atoms with Gasteiger partial charge in [-0.25, -0.2) is 17.8 Å². The van der Waals surface area contributed by atoms with E-state index in [-0.39, 0.29) is 16.9 Å². The fourth-order valence-electron chi connectivity index (χ4n) is 2.68. The molecule has 2 aromatic heterocycles. The number of aromatic nitrogens is 2. The Morgan fingerprint density at radius 2 is 1.96 bits per heavy atom. The van der Waals surface area contributed by atoms with Crippen molar-refractivity contribution < 1.29 is 17.6 Å². The number of sulfonamides is 1. The van der Waals surface area contributed by atoms with Crippen LogP contribution in [0.4, 0.5) is 0 Å². The van der Waals surface area contributed by atoms with Gasteiger partial charge in [-0.2, -0.15) is 5.10 Å². The van der Waals surface area contributed by atoms with Gasteiger partial charge >= 0.3 is 0 Å². The molecule has 146 valence electrons. The zero-order valence-corrected chi connectivity index (χ0v) is 15.9. The molecule has 0 unspecified atom stereocenters. The van der Waals surface area contributed by atoms with Gasteiger partial charge in [-0.1, -0.05) is 18.2 Å². The molecule has 1 amide bonds. The Labute approximate surface area is 162 Å². The third-order valence-corrected chi connectivity index (χ3v) is 5.72. The number of nitrogens with zero attached hydrogens (tertiary/aromatic N) is 2. The van der Waals surface area contributed by atoms with E-state index in [0.717, 1.165) is 24.1 Å². The largest absolute Gasteiger partial charge is 0.438 e. The molecular formula is C19H20N4O4S. The predicted molar refractivity (Wildman–Crippen MR) is 102 cm³/mol. The highest BCUT2D eigenvalue weighted by Crippen LogP contribution is 2.23. The monoisotopic (exact) mass is 400 g/mol. The van der Waals surface area contributed by atoms with Gasteiger partial charge in [0, 0.05) is 18.8 Å². The van der Waals surface area contributed by atoms with Crippen LogP contribution in [-0.4, -0.2) is 36.7 Å². The van der Waals surface area contributed by atoms with Crippen molar-refractivity contribution in [2.45, 2.75) is 30.4 Å². The van der Waals surface area contributed by atoms with E-state index in [2.05, 4.69) is 15.1 Å². The van der Waals surface area contributed by atoms with E-state index in [9.17, 15) is 13.2 Å². The van der Waals surface area contributed by atoms with E-state index in [1.165, 1.54) is 12.1 Å². The zero-order chi connectivity index (χ0) is 19.6. The lowest BCUT2D eigenvalue weighted by atomic mass is 10.2. The number of carbonyl (C=O) groups is 1. The number of nitrogens with one attached hydrogen (secondary N) is 2. The van der Waals surface area contributed by atoms with Gasteiger partial charge in [-0.05, 0) is 49.1 Å². The van der Waals surface area contributed by atoms with Crippen LogP contribution in [-0.2, 0) is 16.4 Å². The average Bonchev–Trinajstić information content (AvgIpc) is 3.17. The van der Waals surface area contributed by atoms with Crippen LogP contribution in [0.5, 0.6) is 0 Å². The second-order valence-corrected chi connectivity index (χ2v) is 8.29. The molecular weight excluding hydrogens is 380 g/mol. The van der Waals surface area contributed by atoms with Crippen molar-refractivity contribution in [1.29, 1.82) is 0 Å². The van der Waals surface area contributed by atoms with Crippen molar-refractivity contribution >= 4 is 15.9 Å². The minimum absolute atomic E-state index is 0.0239. The maximum absolute atomic E-state index is 12.2. The molecule has 0 saturated heterocycles. The summed E-state index contributed by atoms with van der Waals surface area (Å²) in [4.78, 5) is 12.2. The Morgan fingerprint density at radius 3 is 2.71 bits per heavy atom. The van der Waals surface area contributed by atoms with Crippen LogP contribution in [0.3, 0.4) is 0 Å². The van der Waals surface area contributed by atoms with E-state index in [1.807, 2.05) is 36.5 Å². The Balaban J connectivity index is 1.31. The highest BCUT2D eigenvalue weighted by Gasteiger charge is 2.30. The molecule has 0 atom stereocenters. The van der Waals surface area contributed by atoms with Gasteiger partial charge in [0.15, 0.2) is 5.76 Å². The summed E-state index contributed by atoms with van der Waals surface area (Å²) in [6.07, 6.45) is 5.90. The molecule has 0 bridgehead atoms. The standard InChI is InChI=1S/C19H20N4O4S/c24-19(17-8-9-18(27-17)28(25,26)22-15-6-7-15)20-11-10-14-12-21-23(13-14)16-4-2-1-3-5-16/h1-5,8-9,12-13,15,22H,6-7,10-11H2,(H,20,24). The first-order valence-electron chi connectivity index (χ1n) is 9.00. The third kappa shape index (κ3) is 4.32. The van der Waals surface area contributed by atoms with Crippen LogP contribution >= 0.6 is 0 Å². The maximum Gasteiger partial charge on any atom is 0.287 e. The number of para-hydroxylation sites is 1. The number of benzene rings is 1. The Morgan fingerprint density at radius 1 is 1.18 bits per heavy atom. The lowest BCUT2D eigenvalue weighted by Crippen LogP contribution is -2.26. The lowest BCUT2D eigenvalue weighted by Gasteiger charge is -2.03. The smallest absolute Gasteiger partial charge is 0.287 e. The van der Waals surface area contributed by atoms with Crippen LogP contribution in [0.25, 0.3) is 5.69 Å². The molecule has 1 saturated carbocycles. The van der Waals surface area contributed by atoms with Crippen LogP contribution in [0.2, 0.25) is 0 Å². The summed E-state index contributed by atoms with van der Waals surface area (Å²) in [6, 6.07) is 12.4. The van der Waals surface area contributed by atoms with E-state index in [1.54, 1.807) is 10.9 Å². The minimum atomic E-state index is -3.70. The third-order valence-electron chi connectivity index (χ3n) is 4.33. The van der Waals surface area contributed by atoms with Gasteiger partial charge in [0.1, 0.15) is 0 Å². The highest BCUT2D eigenvalue weighted by molar-refractivity contribution is 7.89. The van der Waals surface area contributed by atoms with Crippen LogP contribution in [0.1, 0.15) is 29.0 Å². The Bertz CT molecular complexity index is 1070. The number of hydrogen-bond donors (Lipinski definition) is 2. The summed E-state index contributed by atoms with van der Waals surface area (Å²) < 4.78 is 33.7. The number of carbonyl (C=O) groups excluding carboxylic acids is 1. The summed E-state index contributed by atoms with van der Waals surface area (Å²) in [7, 11) is -3.70. The molecule has 2 N–H and O–H groups in total. The average molecular weight is 400 g/mol.